The summed E-state index contributed by atoms with van der Waals surface area (Å²) in [6, 6.07) is 36.9. The van der Waals surface area contributed by atoms with Crippen molar-refractivity contribution in [3.05, 3.63) is 132 Å². The number of hydrogen-bond donors (Lipinski definition) is 0. The third-order valence-corrected chi connectivity index (χ3v) is 8.08. The number of anilines is 2. The predicted octanol–water partition coefficient (Wildman–Crippen LogP) is 7.74. The summed E-state index contributed by atoms with van der Waals surface area (Å²) in [7, 11) is -5.88. The number of rotatable bonds is 11. The van der Waals surface area contributed by atoms with Crippen molar-refractivity contribution in [3.63, 3.8) is 0 Å². The van der Waals surface area contributed by atoms with Gasteiger partial charge >= 0.3 is 15.6 Å². The Balaban J connectivity index is 0.000000259. The molecular weight excluding hydrogens is 617 g/mol. The van der Waals surface area contributed by atoms with Crippen LogP contribution in [0.1, 0.15) is 38.3 Å². The van der Waals surface area contributed by atoms with Crippen LogP contribution in [0.3, 0.4) is 0 Å². The van der Waals surface area contributed by atoms with Gasteiger partial charge in [0, 0.05) is 17.3 Å². The molecule has 244 valence electrons. The number of para-hydroxylation sites is 2. The second kappa shape index (κ2) is 16.7. The van der Waals surface area contributed by atoms with Crippen LogP contribution in [0.25, 0.3) is 0 Å². The van der Waals surface area contributed by atoms with Gasteiger partial charge in [0.1, 0.15) is 0 Å². The van der Waals surface area contributed by atoms with E-state index in [1.165, 1.54) is 4.90 Å². The Kier molecular flexibility index (Phi) is 13.1. The molecule has 0 N–H and O–H groups in total. The Bertz CT molecular complexity index is 1620. The number of benzene rings is 4. The van der Waals surface area contributed by atoms with Crippen molar-refractivity contribution in [2.75, 3.05) is 9.80 Å². The number of nitrogens with zero attached hydrogens (tertiary/aromatic N) is 2. The van der Waals surface area contributed by atoms with Gasteiger partial charge < -0.3 is 9.80 Å². The van der Waals surface area contributed by atoms with Gasteiger partial charge in [0.2, 0.25) is 5.91 Å². The topological polar surface area (TPSA) is 84.0 Å². The van der Waals surface area contributed by atoms with Crippen molar-refractivity contribution < 1.29 is 35.4 Å². The molecule has 11 heteroatoms. The molecule has 0 bridgehead atoms. The van der Waals surface area contributed by atoms with E-state index in [2.05, 4.69) is 16.3 Å². The number of halogens is 3. The first-order valence-corrected chi connectivity index (χ1v) is 16.0. The normalized spacial score (nSPS) is 12.7. The molecular formula is C35H37F3N2O5S. The van der Waals surface area contributed by atoms with Crippen LogP contribution < -0.4 is 9.80 Å². The number of carbonyl (C=O) groups is 2. The van der Waals surface area contributed by atoms with Crippen LogP contribution in [0, 0.1) is 5.92 Å². The van der Waals surface area contributed by atoms with E-state index in [0.29, 0.717) is 12.2 Å². The zero-order chi connectivity index (χ0) is 33.7. The molecule has 0 aliphatic carbocycles. The lowest BCUT2D eigenvalue weighted by molar-refractivity contribution is -0.125. The number of carbonyl (C=O) groups excluding carboxylic acids is 2. The summed E-state index contributed by atoms with van der Waals surface area (Å²) in [5, 5.41) is 0. The van der Waals surface area contributed by atoms with E-state index in [1.807, 2.05) is 67.3 Å². The quantitative estimate of drug-likeness (QED) is 0.122. The maximum absolute atomic E-state index is 12.6. The van der Waals surface area contributed by atoms with E-state index in [4.69, 9.17) is 0 Å². The largest absolute Gasteiger partial charge is 0.523 e. The molecule has 0 aliphatic rings. The summed E-state index contributed by atoms with van der Waals surface area (Å²) < 4.78 is 63.9. The first-order chi connectivity index (χ1) is 21.8. The monoisotopic (exact) mass is 654 g/mol. The van der Waals surface area contributed by atoms with Gasteiger partial charge in [0.15, 0.2) is 6.10 Å². The van der Waals surface area contributed by atoms with Crippen LogP contribution in [0.2, 0.25) is 0 Å². The highest BCUT2D eigenvalue weighted by atomic mass is 32.2. The van der Waals surface area contributed by atoms with Gasteiger partial charge in [-0.2, -0.15) is 21.6 Å². The third kappa shape index (κ3) is 10.3. The molecule has 46 heavy (non-hydrogen) atoms. The van der Waals surface area contributed by atoms with Gasteiger partial charge in [-0.1, -0.05) is 111 Å². The van der Waals surface area contributed by atoms with E-state index in [0.717, 1.165) is 30.2 Å². The van der Waals surface area contributed by atoms with Crippen LogP contribution in [-0.4, -0.2) is 31.8 Å². The minimum Gasteiger partial charge on any atom is -0.308 e. The number of amides is 2. The lowest BCUT2D eigenvalue weighted by Crippen LogP contribution is -2.41. The minimum absolute atomic E-state index is 0.0407. The highest BCUT2D eigenvalue weighted by molar-refractivity contribution is 7.87. The Morgan fingerprint density at radius 2 is 1.00 bits per heavy atom. The highest BCUT2D eigenvalue weighted by Crippen LogP contribution is 2.27. The van der Waals surface area contributed by atoms with Crippen molar-refractivity contribution in [2.24, 2.45) is 5.92 Å². The van der Waals surface area contributed by atoms with Gasteiger partial charge in [-0.05, 0) is 48.7 Å². The summed E-state index contributed by atoms with van der Waals surface area (Å²) in [5.41, 5.74) is -2.37. The second-order valence-corrected chi connectivity index (χ2v) is 12.0. The van der Waals surface area contributed by atoms with E-state index in [1.54, 1.807) is 60.7 Å². The van der Waals surface area contributed by atoms with Crippen LogP contribution in [0.5, 0.6) is 0 Å². The first kappa shape index (κ1) is 36.0. The average molecular weight is 655 g/mol. The van der Waals surface area contributed by atoms with E-state index < -0.39 is 27.6 Å². The zero-order valence-electron chi connectivity index (χ0n) is 25.8. The summed E-state index contributed by atoms with van der Waals surface area (Å²) in [6.07, 6.45) is -0.984. The molecule has 0 heterocycles. The average Bonchev–Trinajstić information content (AvgIpc) is 3.06. The molecule has 2 amide bonds. The Morgan fingerprint density at radius 3 is 1.35 bits per heavy atom. The lowest BCUT2D eigenvalue weighted by atomic mass is 10.1. The van der Waals surface area contributed by atoms with Crippen molar-refractivity contribution in [2.45, 2.75) is 51.9 Å². The molecule has 0 unspecified atom stereocenters. The Labute approximate surface area is 268 Å². The van der Waals surface area contributed by atoms with Crippen molar-refractivity contribution in [1.29, 1.82) is 0 Å². The fourth-order valence-electron chi connectivity index (χ4n) is 4.29. The van der Waals surface area contributed by atoms with Gasteiger partial charge in [-0.15, -0.1) is 0 Å². The maximum Gasteiger partial charge on any atom is 0.523 e. The number of alkyl halides is 3. The molecule has 4 rings (SSSR count). The van der Waals surface area contributed by atoms with Crippen LogP contribution in [0.4, 0.5) is 24.5 Å². The summed E-state index contributed by atoms with van der Waals surface area (Å²) in [5.74, 6) is -0.686. The molecule has 0 saturated heterocycles. The maximum atomic E-state index is 12.6. The zero-order valence-corrected chi connectivity index (χ0v) is 26.6. The molecule has 4 aromatic carbocycles. The number of hydrogen-bond acceptors (Lipinski definition) is 5. The van der Waals surface area contributed by atoms with Crippen LogP contribution >= 0.6 is 0 Å². The fourth-order valence-corrected chi connectivity index (χ4v) is 4.86. The molecule has 4 aromatic rings. The molecule has 0 saturated carbocycles. The molecule has 0 aliphatic heterocycles. The minimum atomic E-state index is -5.88. The fraction of sp³-hybridized carbons (Fsp3) is 0.257. The van der Waals surface area contributed by atoms with Gasteiger partial charge in [-0.25, -0.2) is 0 Å². The first-order valence-electron chi connectivity index (χ1n) is 14.6. The van der Waals surface area contributed by atoms with Crippen molar-refractivity contribution in [1.82, 2.24) is 0 Å². The van der Waals surface area contributed by atoms with Crippen LogP contribution in [0.15, 0.2) is 121 Å². The van der Waals surface area contributed by atoms with E-state index >= 15 is 0 Å². The SMILES string of the molecule is CC[C@H](C)C(=O)N(Cc1ccccc1)c1ccccc1.C[C@H](OS(=O)(=O)C(F)(F)F)C(=O)N(Cc1ccccc1)c1ccccc1. The Hall–Kier alpha value is -4.48. The second-order valence-electron chi connectivity index (χ2n) is 10.4. The molecule has 7 nitrogen and oxygen atoms in total. The molecule has 0 radical (unpaired) electrons. The van der Waals surface area contributed by atoms with Gasteiger partial charge in [0.05, 0.1) is 13.1 Å². The third-order valence-electron chi connectivity index (χ3n) is 6.97. The van der Waals surface area contributed by atoms with E-state index in [-0.39, 0.29) is 18.4 Å². The van der Waals surface area contributed by atoms with Gasteiger partial charge in [0.25, 0.3) is 5.91 Å². The van der Waals surface area contributed by atoms with Crippen LogP contribution in [-0.2, 0) is 37.0 Å². The predicted molar refractivity (Wildman–Crippen MR) is 173 cm³/mol. The molecule has 2 atom stereocenters. The highest BCUT2D eigenvalue weighted by Gasteiger charge is 2.49. The van der Waals surface area contributed by atoms with E-state index in [9.17, 15) is 31.2 Å². The summed E-state index contributed by atoms with van der Waals surface area (Å²) in [4.78, 5) is 28.3. The summed E-state index contributed by atoms with van der Waals surface area (Å²) in [6.45, 7) is 5.67. The van der Waals surface area contributed by atoms with Gasteiger partial charge in [-0.3, -0.25) is 13.8 Å². The van der Waals surface area contributed by atoms with Crippen molar-refractivity contribution >= 4 is 33.3 Å². The molecule has 0 spiro atoms. The summed E-state index contributed by atoms with van der Waals surface area (Å²) >= 11 is 0. The molecule has 0 aromatic heterocycles. The smallest absolute Gasteiger partial charge is 0.308 e. The standard InChI is InChI=1S/C18H21NO.C17H16F3NO4S/c1-3-15(2)18(20)19(17-12-8-5-9-13-17)14-16-10-6-4-7-11-16;1-13(25-26(23,24)17(18,19)20)16(22)21(15-10-6-3-7-11-15)12-14-8-4-2-5-9-14/h4-13,15H,3,14H2,1-2H3;2-11,13H,12H2,1H3/t15-;13-/m00/s1. The lowest BCUT2D eigenvalue weighted by Gasteiger charge is -2.26. The Morgan fingerprint density at radius 1 is 0.652 bits per heavy atom. The molecule has 0 fully saturated rings. The van der Waals surface area contributed by atoms with Crippen molar-refractivity contribution in [3.8, 4) is 0 Å².